The SMILES string of the molecule is CCCN(Cc1nnc(-c2ccco2)o1)[C@@H](C(=O)Nc1ccc(F)cc1)c1ccccc1. The van der Waals surface area contributed by atoms with E-state index in [0.717, 1.165) is 12.0 Å². The van der Waals surface area contributed by atoms with Gasteiger partial charge in [0, 0.05) is 5.69 Å². The van der Waals surface area contributed by atoms with Crippen molar-refractivity contribution in [2.24, 2.45) is 0 Å². The first kappa shape index (κ1) is 21.5. The van der Waals surface area contributed by atoms with Crippen molar-refractivity contribution in [2.75, 3.05) is 11.9 Å². The molecule has 32 heavy (non-hydrogen) atoms. The van der Waals surface area contributed by atoms with Gasteiger partial charge >= 0.3 is 0 Å². The van der Waals surface area contributed by atoms with Gasteiger partial charge in [0.05, 0.1) is 12.8 Å². The Morgan fingerprint density at radius 1 is 1.06 bits per heavy atom. The number of anilines is 1. The van der Waals surface area contributed by atoms with Gasteiger partial charge in [0.25, 0.3) is 5.89 Å². The number of nitrogens with one attached hydrogen (secondary N) is 1. The van der Waals surface area contributed by atoms with E-state index in [4.69, 9.17) is 8.83 Å². The molecule has 0 bridgehead atoms. The summed E-state index contributed by atoms with van der Waals surface area (Å²) < 4.78 is 24.4. The lowest BCUT2D eigenvalue weighted by atomic mass is 10.0. The molecule has 0 aliphatic rings. The Balaban J connectivity index is 1.61. The fourth-order valence-electron chi connectivity index (χ4n) is 3.48. The van der Waals surface area contributed by atoms with E-state index in [1.165, 1.54) is 30.5 Å². The van der Waals surface area contributed by atoms with Gasteiger partial charge in [0.2, 0.25) is 11.8 Å². The first-order valence-electron chi connectivity index (χ1n) is 10.4. The maximum Gasteiger partial charge on any atom is 0.283 e. The predicted molar refractivity (Wildman–Crippen MR) is 117 cm³/mol. The van der Waals surface area contributed by atoms with E-state index in [1.54, 1.807) is 12.1 Å². The van der Waals surface area contributed by atoms with E-state index in [0.29, 0.717) is 23.9 Å². The third-order valence-corrected chi connectivity index (χ3v) is 4.89. The molecule has 4 aromatic rings. The molecular weight excluding hydrogens is 411 g/mol. The van der Waals surface area contributed by atoms with Crippen LogP contribution in [-0.4, -0.2) is 27.5 Å². The lowest BCUT2D eigenvalue weighted by Crippen LogP contribution is -2.37. The van der Waals surface area contributed by atoms with Crippen LogP contribution in [0, 0.1) is 5.82 Å². The van der Waals surface area contributed by atoms with Crippen LogP contribution in [0.5, 0.6) is 0 Å². The molecule has 4 rings (SSSR count). The molecule has 2 aromatic heterocycles. The molecule has 1 amide bonds. The monoisotopic (exact) mass is 434 g/mol. The van der Waals surface area contributed by atoms with Crippen LogP contribution in [0.2, 0.25) is 0 Å². The van der Waals surface area contributed by atoms with Crippen LogP contribution in [0.4, 0.5) is 10.1 Å². The summed E-state index contributed by atoms with van der Waals surface area (Å²) in [4.78, 5) is 15.3. The molecule has 0 fully saturated rings. The lowest BCUT2D eigenvalue weighted by Gasteiger charge is -2.29. The van der Waals surface area contributed by atoms with Crippen LogP contribution < -0.4 is 5.32 Å². The molecule has 0 saturated carbocycles. The molecule has 2 heterocycles. The third-order valence-electron chi connectivity index (χ3n) is 4.89. The Morgan fingerprint density at radius 2 is 1.84 bits per heavy atom. The highest BCUT2D eigenvalue weighted by Gasteiger charge is 2.29. The Kier molecular flexibility index (Phi) is 6.72. The van der Waals surface area contributed by atoms with Crippen molar-refractivity contribution in [2.45, 2.75) is 25.9 Å². The second-order valence-corrected chi connectivity index (χ2v) is 7.26. The first-order chi connectivity index (χ1) is 15.6. The summed E-state index contributed by atoms with van der Waals surface area (Å²) >= 11 is 0. The van der Waals surface area contributed by atoms with Gasteiger partial charge in [-0.05, 0) is 54.9 Å². The Morgan fingerprint density at radius 3 is 2.53 bits per heavy atom. The van der Waals surface area contributed by atoms with E-state index in [9.17, 15) is 9.18 Å². The minimum absolute atomic E-state index is 0.234. The highest BCUT2D eigenvalue weighted by Crippen LogP contribution is 2.26. The zero-order valence-corrected chi connectivity index (χ0v) is 17.6. The van der Waals surface area contributed by atoms with Crippen LogP contribution in [-0.2, 0) is 11.3 Å². The van der Waals surface area contributed by atoms with Crippen molar-refractivity contribution >= 4 is 11.6 Å². The van der Waals surface area contributed by atoms with Gasteiger partial charge in [-0.15, -0.1) is 10.2 Å². The normalized spacial score (nSPS) is 12.1. The predicted octanol–water partition coefficient (Wildman–Crippen LogP) is 5.06. The minimum Gasteiger partial charge on any atom is -0.459 e. The van der Waals surface area contributed by atoms with E-state index >= 15 is 0 Å². The third kappa shape index (κ3) is 5.09. The second-order valence-electron chi connectivity index (χ2n) is 7.26. The number of halogens is 1. The van der Waals surface area contributed by atoms with Crippen LogP contribution >= 0.6 is 0 Å². The summed E-state index contributed by atoms with van der Waals surface area (Å²) in [5.41, 5.74) is 1.35. The maximum absolute atomic E-state index is 13.4. The molecule has 1 atom stereocenters. The van der Waals surface area contributed by atoms with Gasteiger partial charge in [0.1, 0.15) is 11.9 Å². The molecule has 2 aromatic carbocycles. The molecule has 0 saturated heterocycles. The Labute approximate surface area is 184 Å². The summed E-state index contributed by atoms with van der Waals surface area (Å²) in [5, 5.41) is 11.1. The van der Waals surface area contributed by atoms with E-state index in [1.807, 2.05) is 42.2 Å². The van der Waals surface area contributed by atoms with Crippen molar-refractivity contribution in [1.82, 2.24) is 15.1 Å². The molecule has 0 spiro atoms. The number of carbonyl (C=O) groups is 1. The summed E-state index contributed by atoms with van der Waals surface area (Å²) in [6.07, 6.45) is 2.35. The number of carbonyl (C=O) groups excluding carboxylic acids is 1. The molecule has 0 aliphatic heterocycles. The van der Waals surface area contributed by atoms with Crippen molar-refractivity contribution in [1.29, 1.82) is 0 Å². The standard InChI is InChI=1S/C24H23FN4O3/c1-2-14-29(16-21-27-28-24(32-21)20-9-6-15-31-20)22(17-7-4-3-5-8-17)23(30)26-19-12-10-18(25)11-13-19/h3-13,15,22H,2,14,16H2,1H3,(H,26,30)/t22-/m1/s1. The Hall–Kier alpha value is -3.78. The molecule has 164 valence electrons. The quantitative estimate of drug-likeness (QED) is 0.396. The van der Waals surface area contributed by atoms with Gasteiger partial charge in [-0.2, -0.15) is 0 Å². The van der Waals surface area contributed by atoms with Gasteiger partial charge in [-0.3, -0.25) is 9.69 Å². The van der Waals surface area contributed by atoms with Crippen molar-refractivity contribution in [3.05, 3.63) is 90.3 Å². The van der Waals surface area contributed by atoms with E-state index in [-0.39, 0.29) is 24.2 Å². The Bertz CT molecular complexity index is 1130. The maximum atomic E-state index is 13.4. The van der Waals surface area contributed by atoms with Gasteiger partial charge in [0.15, 0.2) is 5.76 Å². The fraction of sp³-hybridized carbons (Fsp3) is 0.208. The smallest absolute Gasteiger partial charge is 0.283 e. The highest BCUT2D eigenvalue weighted by molar-refractivity contribution is 5.95. The number of aromatic nitrogens is 2. The topological polar surface area (TPSA) is 84.4 Å². The van der Waals surface area contributed by atoms with Crippen LogP contribution in [0.25, 0.3) is 11.7 Å². The summed E-state index contributed by atoms with van der Waals surface area (Å²) in [6, 6.07) is 18.0. The van der Waals surface area contributed by atoms with Crippen LogP contribution in [0.1, 0.15) is 30.8 Å². The largest absolute Gasteiger partial charge is 0.459 e. The number of benzene rings is 2. The summed E-state index contributed by atoms with van der Waals surface area (Å²) in [6.45, 7) is 2.93. The van der Waals surface area contributed by atoms with Gasteiger partial charge < -0.3 is 14.2 Å². The fourth-order valence-corrected chi connectivity index (χ4v) is 3.48. The number of hydrogen-bond donors (Lipinski definition) is 1. The number of rotatable bonds is 9. The summed E-state index contributed by atoms with van der Waals surface area (Å²) in [5.74, 6) is 0.550. The molecule has 0 radical (unpaired) electrons. The zero-order valence-electron chi connectivity index (χ0n) is 17.6. The van der Waals surface area contributed by atoms with E-state index in [2.05, 4.69) is 15.5 Å². The van der Waals surface area contributed by atoms with Crippen molar-refractivity contribution in [3.8, 4) is 11.7 Å². The average molecular weight is 434 g/mol. The minimum atomic E-state index is -0.611. The van der Waals surface area contributed by atoms with Crippen LogP contribution in [0.3, 0.4) is 0 Å². The number of amides is 1. The molecule has 7 nitrogen and oxygen atoms in total. The number of hydrogen-bond acceptors (Lipinski definition) is 6. The van der Waals surface area contributed by atoms with Crippen LogP contribution in [0.15, 0.2) is 81.8 Å². The lowest BCUT2D eigenvalue weighted by molar-refractivity contribution is -0.122. The number of nitrogens with zero attached hydrogens (tertiary/aromatic N) is 3. The van der Waals surface area contributed by atoms with Crippen molar-refractivity contribution < 1.29 is 18.0 Å². The highest BCUT2D eigenvalue weighted by atomic mass is 19.1. The molecule has 1 N–H and O–H groups in total. The average Bonchev–Trinajstić information content (AvgIpc) is 3.49. The molecule has 0 aliphatic carbocycles. The van der Waals surface area contributed by atoms with Crippen molar-refractivity contribution in [3.63, 3.8) is 0 Å². The summed E-state index contributed by atoms with van der Waals surface area (Å²) in [7, 11) is 0. The van der Waals surface area contributed by atoms with Gasteiger partial charge in [-0.25, -0.2) is 4.39 Å². The first-order valence-corrected chi connectivity index (χ1v) is 10.4. The van der Waals surface area contributed by atoms with Gasteiger partial charge in [-0.1, -0.05) is 37.3 Å². The second kappa shape index (κ2) is 10.0. The molecule has 0 unspecified atom stereocenters. The molecule has 8 heteroatoms. The molecular formula is C24H23FN4O3. The zero-order chi connectivity index (χ0) is 22.3. The number of furan rings is 1. The van der Waals surface area contributed by atoms with E-state index < -0.39 is 6.04 Å².